The molecule has 194 valence electrons. The Hall–Kier alpha value is -3.31. The minimum absolute atomic E-state index is 0.0129. The molecule has 3 aromatic carbocycles. The van der Waals surface area contributed by atoms with Crippen molar-refractivity contribution in [1.29, 1.82) is 0 Å². The van der Waals surface area contributed by atoms with Gasteiger partial charge in [-0.2, -0.15) is 21.6 Å². The van der Waals surface area contributed by atoms with Gasteiger partial charge < -0.3 is 15.2 Å². The van der Waals surface area contributed by atoms with E-state index in [0.717, 1.165) is 0 Å². The van der Waals surface area contributed by atoms with E-state index in [1.165, 1.54) is 66.9 Å². The Morgan fingerprint density at radius 2 is 1.49 bits per heavy atom. The summed E-state index contributed by atoms with van der Waals surface area (Å²) < 4.78 is 78.3. The Kier molecular flexibility index (Phi) is 7.65. The van der Waals surface area contributed by atoms with Crippen LogP contribution in [0.4, 0.5) is 18.9 Å². The van der Waals surface area contributed by atoms with E-state index in [2.05, 4.69) is 0 Å². The lowest BCUT2D eigenvalue weighted by Crippen LogP contribution is -2.61. The molecule has 0 bridgehead atoms. The highest BCUT2D eigenvalue weighted by Crippen LogP contribution is 2.40. The minimum atomic E-state index is -5.01. The average molecular weight is 552 g/mol. The molecule has 0 fully saturated rings. The zero-order chi connectivity index (χ0) is 26.7. The molecular weight excluding hydrogens is 529 g/mol. The average Bonchev–Trinajstić information content (AvgIpc) is 2.85. The number of hydrogen-bond donors (Lipinski definition) is 1. The molecule has 0 amide bonds. The SMILES string of the molecule is NCC1=C[N+](c2ccc(Oc3ccccc3)cc2)(S(=O)(=O)CC(F)(F)F)C(Oc2ccc(Cl)cc2)C=C1. The van der Waals surface area contributed by atoms with Crippen molar-refractivity contribution < 1.29 is 31.1 Å². The number of para-hydroxylation sites is 1. The van der Waals surface area contributed by atoms with Gasteiger partial charge in [0.25, 0.3) is 6.23 Å². The number of nitrogens with two attached hydrogens (primary N) is 1. The standard InChI is InChI=1S/C26H23ClF3N2O4S/c27-20-7-11-24(12-8-20)36-25-15-6-19(16-31)17-32(25,37(33,34)18-26(28,29)30)21-9-13-23(14-10-21)35-22-4-2-1-3-5-22/h1-15,17,25H,16,18,31H2/q+1. The largest absolute Gasteiger partial charge is 0.457 e. The molecule has 0 spiro atoms. The lowest BCUT2D eigenvalue weighted by atomic mass is 10.1. The fourth-order valence-electron chi connectivity index (χ4n) is 3.89. The van der Waals surface area contributed by atoms with Crippen LogP contribution in [0.15, 0.2) is 103 Å². The van der Waals surface area contributed by atoms with Crippen LogP contribution in [0.2, 0.25) is 5.02 Å². The lowest BCUT2D eigenvalue weighted by molar-refractivity contribution is -0.107. The number of alkyl halides is 3. The summed E-state index contributed by atoms with van der Waals surface area (Å²) in [6, 6.07) is 20.7. The molecular formula is C26H23ClF3N2O4S+. The molecule has 3 aromatic rings. The topological polar surface area (TPSA) is 78.6 Å². The van der Waals surface area contributed by atoms with Crippen LogP contribution < -0.4 is 19.1 Å². The number of sulfonamides is 1. The second kappa shape index (κ2) is 10.6. The maximum absolute atomic E-state index is 13.6. The van der Waals surface area contributed by atoms with E-state index < -0.39 is 32.1 Å². The van der Waals surface area contributed by atoms with Gasteiger partial charge in [0.05, 0.1) is 0 Å². The molecule has 4 rings (SSSR count). The van der Waals surface area contributed by atoms with Gasteiger partial charge in [-0.05, 0) is 54.6 Å². The normalized spacial score (nSPS) is 19.8. The summed E-state index contributed by atoms with van der Waals surface area (Å²) in [6.07, 6.45) is -2.28. The number of nitrogens with zero attached hydrogens (tertiary/aromatic N) is 1. The first-order valence-corrected chi connectivity index (χ1v) is 13.0. The molecule has 0 aromatic heterocycles. The van der Waals surface area contributed by atoms with E-state index in [1.807, 2.05) is 6.07 Å². The number of halogens is 4. The van der Waals surface area contributed by atoms with Crippen molar-refractivity contribution in [3.63, 3.8) is 0 Å². The molecule has 37 heavy (non-hydrogen) atoms. The summed E-state index contributed by atoms with van der Waals surface area (Å²) in [5.41, 5.74) is 6.11. The fraction of sp³-hybridized carbons (Fsp3) is 0.154. The molecule has 1 heterocycles. The smallest absolute Gasteiger partial charge is 0.408 e. The molecule has 0 aliphatic carbocycles. The van der Waals surface area contributed by atoms with Gasteiger partial charge in [-0.1, -0.05) is 29.8 Å². The third kappa shape index (κ3) is 5.99. The van der Waals surface area contributed by atoms with E-state index in [0.29, 0.717) is 22.1 Å². The molecule has 2 atom stereocenters. The predicted molar refractivity (Wildman–Crippen MR) is 137 cm³/mol. The van der Waals surface area contributed by atoms with E-state index in [9.17, 15) is 21.6 Å². The van der Waals surface area contributed by atoms with Crippen molar-refractivity contribution in [2.45, 2.75) is 12.4 Å². The predicted octanol–water partition coefficient (Wildman–Crippen LogP) is 6.15. The van der Waals surface area contributed by atoms with Crippen molar-refractivity contribution in [2.75, 3.05) is 12.3 Å². The highest BCUT2D eigenvalue weighted by Gasteiger charge is 2.56. The van der Waals surface area contributed by atoms with Crippen LogP contribution in [-0.4, -0.2) is 33.1 Å². The Morgan fingerprint density at radius 1 is 0.892 bits per heavy atom. The van der Waals surface area contributed by atoms with Crippen LogP contribution in [0.25, 0.3) is 0 Å². The lowest BCUT2D eigenvalue weighted by Gasteiger charge is -2.39. The maximum Gasteiger partial charge on any atom is 0.408 e. The molecule has 2 N–H and O–H groups in total. The summed E-state index contributed by atoms with van der Waals surface area (Å²) in [7, 11) is -5.01. The van der Waals surface area contributed by atoms with Crippen molar-refractivity contribution >= 4 is 27.3 Å². The van der Waals surface area contributed by atoms with Gasteiger partial charge in [-0.25, -0.2) is 0 Å². The van der Waals surface area contributed by atoms with Crippen molar-refractivity contribution in [3.05, 3.63) is 108 Å². The van der Waals surface area contributed by atoms with Crippen LogP contribution in [0, 0.1) is 0 Å². The third-order valence-electron chi connectivity index (χ3n) is 5.54. The highest BCUT2D eigenvalue weighted by molar-refractivity contribution is 7.91. The summed E-state index contributed by atoms with van der Waals surface area (Å²) in [6.45, 7) is -0.0963. The Bertz CT molecular complexity index is 1390. The maximum atomic E-state index is 13.6. The summed E-state index contributed by atoms with van der Waals surface area (Å²) in [5, 5.41) is 0.413. The number of hydrogen-bond acceptors (Lipinski definition) is 5. The van der Waals surface area contributed by atoms with Gasteiger partial charge in [0.1, 0.15) is 23.4 Å². The monoisotopic (exact) mass is 551 g/mol. The van der Waals surface area contributed by atoms with Crippen molar-refractivity contribution in [1.82, 2.24) is 3.89 Å². The number of rotatable bonds is 8. The Morgan fingerprint density at radius 3 is 2.08 bits per heavy atom. The van der Waals surface area contributed by atoms with Gasteiger partial charge in [-0.15, -0.1) is 3.89 Å². The van der Waals surface area contributed by atoms with E-state index in [1.54, 1.807) is 24.3 Å². The molecule has 0 radical (unpaired) electrons. The van der Waals surface area contributed by atoms with Gasteiger partial charge >= 0.3 is 16.2 Å². The highest BCUT2D eigenvalue weighted by atomic mass is 35.5. The molecule has 1 aliphatic rings. The van der Waals surface area contributed by atoms with Crippen LogP contribution >= 0.6 is 11.6 Å². The zero-order valence-electron chi connectivity index (χ0n) is 19.3. The van der Waals surface area contributed by atoms with E-state index in [4.69, 9.17) is 26.8 Å². The number of benzene rings is 3. The van der Waals surface area contributed by atoms with E-state index in [-0.39, 0.29) is 18.0 Å². The summed E-state index contributed by atoms with van der Waals surface area (Å²) in [5.74, 6) is -0.950. The van der Waals surface area contributed by atoms with E-state index >= 15 is 0 Å². The minimum Gasteiger partial charge on any atom is -0.457 e. The number of ether oxygens (including phenoxy) is 2. The second-order valence-corrected chi connectivity index (χ2v) is 10.7. The van der Waals surface area contributed by atoms with Gasteiger partial charge in [-0.3, -0.25) is 0 Å². The first-order chi connectivity index (χ1) is 17.5. The van der Waals surface area contributed by atoms with Crippen LogP contribution in [0.3, 0.4) is 0 Å². The van der Waals surface area contributed by atoms with Gasteiger partial charge in [0, 0.05) is 35.3 Å². The zero-order valence-corrected chi connectivity index (χ0v) is 20.9. The summed E-state index contributed by atoms with van der Waals surface area (Å²) >= 11 is 5.93. The summed E-state index contributed by atoms with van der Waals surface area (Å²) in [4.78, 5) is 0. The fourth-order valence-corrected chi connectivity index (χ4v) is 5.82. The van der Waals surface area contributed by atoms with Crippen molar-refractivity contribution in [3.8, 4) is 17.2 Å². The van der Waals surface area contributed by atoms with Crippen LogP contribution in [0.5, 0.6) is 17.2 Å². The molecule has 2 unspecified atom stereocenters. The molecule has 1 aliphatic heterocycles. The van der Waals surface area contributed by atoms with Crippen LogP contribution in [0.1, 0.15) is 0 Å². The molecule has 6 nitrogen and oxygen atoms in total. The van der Waals surface area contributed by atoms with Gasteiger partial charge in [0.2, 0.25) is 0 Å². The van der Waals surface area contributed by atoms with Gasteiger partial charge in [0.15, 0.2) is 11.4 Å². The Balaban J connectivity index is 1.84. The van der Waals surface area contributed by atoms with Crippen molar-refractivity contribution in [2.24, 2.45) is 5.73 Å². The first kappa shape index (κ1) is 26.7. The molecule has 0 saturated carbocycles. The molecule has 11 heteroatoms. The third-order valence-corrected chi connectivity index (χ3v) is 7.93. The quantitative estimate of drug-likeness (QED) is 0.340. The molecule has 0 saturated heterocycles. The Labute approximate surface area is 217 Å². The number of quaternary nitrogens is 1. The first-order valence-electron chi connectivity index (χ1n) is 11.1. The second-order valence-electron chi connectivity index (χ2n) is 8.19. The van der Waals surface area contributed by atoms with Crippen LogP contribution in [-0.2, 0) is 10.0 Å².